The van der Waals surface area contributed by atoms with E-state index in [1.54, 1.807) is 109 Å². The topological polar surface area (TPSA) is 0 Å². The Morgan fingerprint density at radius 1 is 0.441 bits per heavy atom. The Balaban J connectivity index is 1.59. The van der Waals surface area contributed by atoms with Gasteiger partial charge in [0, 0.05) is 0 Å². The summed E-state index contributed by atoms with van der Waals surface area (Å²) < 4.78 is 0. The minimum absolute atomic E-state index is 0.736. The Morgan fingerprint density at radius 2 is 0.824 bits per heavy atom. The average molecular weight is 425 g/mol. The summed E-state index contributed by atoms with van der Waals surface area (Å²) in [7, 11) is 0. The van der Waals surface area contributed by atoms with Gasteiger partial charge in [-0.25, -0.2) is 0 Å². The molecule has 152 valence electrons. The quantitative estimate of drug-likeness (QED) is 0.213. The molecule has 13 rings (SSSR count). The van der Waals surface area contributed by atoms with Crippen molar-refractivity contribution in [2.24, 2.45) is 5.92 Å². The van der Waals surface area contributed by atoms with Gasteiger partial charge in [0.25, 0.3) is 0 Å². The summed E-state index contributed by atoms with van der Waals surface area (Å²) in [5, 5.41) is 25.6. The molecule has 9 aromatic rings. The highest BCUT2D eigenvalue weighted by Crippen LogP contribution is 2.71. The maximum absolute atomic E-state index is 2.67. The van der Waals surface area contributed by atoms with Crippen molar-refractivity contribution in [3.05, 3.63) is 69.8 Å². The molecule has 0 heteroatoms. The Morgan fingerprint density at radius 3 is 1.29 bits per heavy atom. The third-order valence-electron chi connectivity index (χ3n) is 11.3. The second kappa shape index (κ2) is 3.75. The summed E-state index contributed by atoms with van der Waals surface area (Å²) in [5.74, 6) is 2.25. The lowest BCUT2D eigenvalue weighted by molar-refractivity contribution is 0.902. The molecule has 0 N–H and O–H groups in total. The van der Waals surface area contributed by atoms with Gasteiger partial charge in [-0.3, -0.25) is 0 Å². The number of hydrogen-bond donors (Lipinski definition) is 0. The molecule has 0 amide bonds. The van der Waals surface area contributed by atoms with Crippen molar-refractivity contribution in [1.29, 1.82) is 0 Å². The zero-order chi connectivity index (χ0) is 21.1. The molecule has 0 saturated heterocycles. The largest absolute Gasteiger partial charge is 0.0613 e. The van der Waals surface area contributed by atoms with Crippen molar-refractivity contribution >= 4 is 86.2 Å². The molecular formula is C34H16. The summed E-state index contributed by atoms with van der Waals surface area (Å²) in [6, 6.07) is 15.3. The molecule has 0 radical (unpaired) electrons. The highest BCUT2D eigenvalue weighted by molar-refractivity contribution is 6.58. The smallest absolute Gasteiger partial charge is 0.0000272 e. The van der Waals surface area contributed by atoms with E-state index in [-0.39, 0.29) is 0 Å². The Bertz CT molecular complexity index is 2330. The number of rotatable bonds is 0. The first-order valence-corrected chi connectivity index (χ1v) is 13.0. The van der Waals surface area contributed by atoms with Gasteiger partial charge < -0.3 is 0 Å². The molecule has 0 heterocycles. The molecule has 9 aromatic carbocycles. The second-order valence-electron chi connectivity index (χ2n) is 12.3. The van der Waals surface area contributed by atoms with Gasteiger partial charge in [0.05, 0.1) is 0 Å². The SMILES string of the molecule is CC1C2c3cc4c5c6c(cc7ccc8cc9c%10c%11c(cc(c%12c3c5c(c%12%11)c3c6c7c8c%103)C12)C9)C4. The van der Waals surface area contributed by atoms with E-state index in [4.69, 9.17) is 0 Å². The Hall–Kier alpha value is -3.64. The maximum Gasteiger partial charge on any atom is -0.0000272 e. The van der Waals surface area contributed by atoms with Gasteiger partial charge in [0.2, 0.25) is 0 Å². The maximum atomic E-state index is 2.67. The lowest BCUT2D eigenvalue weighted by Gasteiger charge is -2.16. The van der Waals surface area contributed by atoms with E-state index in [0.717, 1.165) is 30.6 Å². The van der Waals surface area contributed by atoms with E-state index in [1.807, 2.05) is 0 Å². The second-order valence-corrected chi connectivity index (χ2v) is 12.3. The van der Waals surface area contributed by atoms with Crippen molar-refractivity contribution in [1.82, 2.24) is 0 Å². The molecule has 2 unspecified atom stereocenters. The Labute approximate surface area is 193 Å². The molecule has 0 nitrogen and oxygen atoms in total. The fourth-order valence-electron chi connectivity index (χ4n) is 10.4. The van der Waals surface area contributed by atoms with Crippen molar-refractivity contribution in [2.45, 2.75) is 31.6 Å². The van der Waals surface area contributed by atoms with Crippen LogP contribution in [0.1, 0.15) is 52.1 Å². The molecule has 0 aromatic heterocycles. The molecule has 2 atom stereocenters. The third-order valence-corrected chi connectivity index (χ3v) is 11.3. The van der Waals surface area contributed by atoms with Crippen LogP contribution in [0.3, 0.4) is 0 Å². The summed E-state index contributed by atoms with van der Waals surface area (Å²) in [6.45, 7) is 2.51. The first kappa shape index (κ1) is 14.6. The highest BCUT2D eigenvalue weighted by atomic mass is 14.6. The molecular weight excluding hydrogens is 408 g/mol. The average Bonchev–Trinajstić information content (AvgIpc) is 3.22. The van der Waals surface area contributed by atoms with Crippen LogP contribution in [0.2, 0.25) is 0 Å². The molecule has 1 saturated carbocycles. The van der Waals surface area contributed by atoms with Gasteiger partial charge in [-0.15, -0.1) is 0 Å². The summed E-state index contributed by atoms with van der Waals surface area (Å²) in [4.78, 5) is 0. The number of benzene rings is 7. The fourth-order valence-corrected chi connectivity index (χ4v) is 10.4. The monoisotopic (exact) mass is 424 g/mol. The molecule has 0 bridgehead atoms. The number of fused-ring (bicyclic) bond motifs is 3. The van der Waals surface area contributed by atoms with Crippen LogP contribution in [-0.2, 0) is 12.8 Å². The van der Waals surface area contributed by atoms with Gasteiger partial charge >= 0.3 is 0 Å². The predicted octanol–water partition coefficient (Wildman–Crippen LogP) is 8.74. The molecule has 4 aliphatic rings. The lowest BCUT2D eigenvalue weighted by atomic mass is 9.87. The van der Waals surface area contributed by atoms with Crippen molar-refractivity contribution < 1.29 is 0 Å². The molecule has 1 fully saturated rings. The standard InChI is InChI=1S/C34H16/c1-10-19-17-8-15-6-13-4-11-2-3-12-5-14-7-16-9-18(20(10)19)28-27(17)31-25(15)23(13)29-21(11)22(12)30-24(14)26(16)32(28)34(31)33(29)30/h2-5,8-10,19-20H,6-7H2,1H3. The van der Waals surface area contributed by atoms with E-state index in [0.29, 0.717) is 0 Å². The number of hydrogen-bond acceptors (Lipinski definition) is 0. The Kier molecular flexibility index (Phi) is 1.61. The van der Waals surface area contributed by atoms with E-state index in [1.165, 1.54) is 10.8 Å². The zero-order valence-electron chi connectivity index (χ0n) is 18.6. The van der Waals surface area contributed by atoms with Gasteiger partial charge in [-0.2, -0.15) is 0 Å². The van der Waals surface area contributed by atoms with Crippen LogP contribution in [0, 0.1) is 5.92 Å². The molecule has 0 spiro atoms. The predicted molar refractivity (Wildman–Crippen MR) is 143 cm³/mol. The van der Waals surface area contributed by atoms with Gasteiger partial charge in [-0.1, -0.05) is 43.3 Å². The first-order chi connectivity index (χ1) is 16.8. The van der Waals surface area contributed by atoms with Crippen molar-refractivity contribution in [3.63, 3.8) is 0 Å². The normalized spacial score (nSPS) is 24.1. The van der Waals surface area contributed by atoms with Gasteiger partial charge in [0.15, 0.2) is 0 Å². The van der Waals surface area contributed by atoms with Crippen LogP contribution in [0.5, 0.6) is 0 Å². The van der Waals surface area contributed by atoms with Crippen LogP contribution in [0.15, 0.2) is 36.4 Å². The molecule has 4 aliphatic carbocycles. The summed E-state index contributed by atoms with van der Waals surface area (Å²) in [5.41, 5.74) is 9.78. The van der Waals surface area contributed by atoms with E-state index >= 15 is 0 Å². The van der Waals surface area contributed by atoms with Crippen LogP contribution in [0.4, 0.5) is 0 Å². The van der Waals surface area contributed by atoms with E-state index < -0.39 is 0 Å². The molecule has 34 heavy (non-hydrogen) atoms. The zero-order valence-corrected chi connectivity index (χ0v) is 18.6. The summed E-state index contributed by atoms with van der Waals surface area (Å²) >= 11 is 0. The van der Waals surface area contributed by atoms with Gasteiger partial charge in [0.1, 0.15) is 0 Å². The van der Waals surface area contributed by atoms with E-state index in [2.05, 4.69) is 43.3 Å². The minimum atomic E-state index is 0.736. The molecule has 0 aliphatic heterocycles. The van der Waals surface area contributed by atoms with Crippen LogP contribution in [-0.4, -0.2) is 0 Å². The van der Waals surface area contributed by atoms with Crippen LogP contribution in [0.25, 0.3) is 86.2 Å². The van der Waals surface area contributed by atoms with E-state index in [9.17, 15) is 0 Å². The fraction of sp³-hybridized carbons (Fsp3) is 0.176. The van der Waals surface area contributed by atoms with Crippen LogP contribution >= 0.6 is 0 Å². The summed E-state index contributed by atoms with van der Waals surface area (Å²) in [6.07, 6.45) is 2.24. The lowest BCUT2D eigenvalue weighted by Crippen LogP contribution is -1.96. The third kappa shape index (κ3) is 1.03. The first-order valence-electron chi connectivity index (χ1n) is 13.0. The van der Waals surface area contributed by atoms with Crippen LogP contribution < -0.4 is 0 Å². The van der Waals surface area contributed by atoms with Crippen molar-refractivity contribution in [2.75, 3.05) is 0 Å². The van der Waals surface area contributed by atoms with Crippen molar-refractivity contribution in [3.8, 4) is 0 Å². The van der Waals surface area contributed by atoms with Gasteiger partial charge in [-0.05, 0) is 150 Å². The highest BCUT2D eigenvalue weighted by Gasteiger charge is 2.54. The minimum Gasteiger partial charge on any atom is -0.0613 e.